The number of hydrogen-bond acceptors (Lipinski definition) is 3. The molecule has 0 aromatic heterocycles. The lowest BCUT2D eigenvalue weighted by atomic mass is 9.99. The zero-order valence-corrected chi connectivity index (χ0v) is 10.8. The first-order valence-corrected chi connectivity index (χ1v) is 6.22. The summed E-state index contributed by atoms with van der Waals surface area (Å²) in [5, 5.41) is 0. The first-order chi connectivity index (χ1) is 7.56. The second-order valence-corrected chi connectivity index (χ2v) is 4.96. The summed E-state index contributed by atoms with van der Waals surface area (Å²) in [5.74, 6) is 0.174. The van der Waals surface area contributed by atoms with E-state index < -0.39 is 0 Å². The van der Waals surface area contributed by atoms with Crippen LogP contribution in [0.3, 0.4) is 0 Å². The molecule has 1 aliphatic heterocycles. The van der Waals surface area contributed by atoms with Gasteiger partial charge in [-0.05, 0) is 26.3 Å². The highest BCUT2D eigenvalue weighted by molar-refractivity contribution is 5.76. The lowest BCUT2D eigenvalue weighted by Gasteiger charge is -2.39. The number of piperidine rings is 1. The molecule has 1 amide bonds. The van der Waals surface area contributed by atoms with Crippen LogP contribution in [0.1, 0.15) is 32.6 Å². The van der Waals surface area contributed by atoms with Crippen LogP contribution in [0.4, 0.5) is 0 Å². The fourth-order valence-corrected chi connectivity index (χ4v) is 2.38. The predicted molar refractivity (Wildman–Crippen MR) is 66.2 cm³/mol. The molecule has 0 aromatic carbocycles. The van der Waals surface area contributed by atoms with Crippen molar-refractivity contribution >= 4 is 5.91 Å². The third kappa shape index (κ3) is 3.46. The van der Waals surface area contributed by atoms with Gasteiger partial charge in [0.2, 0.25) is 5.91 Å². The molecule has 94 valence electrons. The first kappa shape index (κ1) is 13.5. The fraction of sp³-hybridized carbons (Fsp3) is 0.917. The van der Waals surface area contributed by atoms with Gasteiger partial charge in [-0.15, -0.1) is 0 Å². The molecular formula is C12H25N3O. The van der Waals surface area contributed by atoms with Gasteiger partial charge in [0, 0.05) is 39.1 Å². The molecule has 0 bridgehead atoms. The Balaban J connectivity index is 2.55. The zero-order valence-electron chi connectivity index (χ0n) is 10.8. The van der Waals surface area contributed by atoms with Crippen molar-refractivity contribution in [1.29, 1.82) is 0 Å². The van der Waals surface area contributed by atoms with Crippen LogP contribution in [-0.4, -0.2) is 55.0 Å². The predicted octanol–water partition coefficient (Wildman–Crippen LogP) is 0.666. The molecule has 16 heavy (non-hydrogen) atoms. The van der Waals surface area contributed by atoms with Crippen molar-refractivity contribution in [1.82, 2.24) is 9.80 Å². The molecule has 2 atom stereocenters. The van der Waals surface area contributed by atoms with Crippen molar-refractivity contribution in [3.8, 4) is 0 Å². The standard InChI is InChI=1S/C12H25N3O/c1-10-6-4-5-7-15(10)11(9-13)8-12(16)14(2)3/h10-11H,4-9,13H2,1-3H3. The smallest absolute Gasteiger partial charge is 0.223 e. The Morgan fingerprint density at radius 3 is 2.69 bits per heavy atom. The van der Waals surface area contributed by atoms with E-state index in [1.165, 1.54) is 19.3 Å². The average molecular weight is 227 g/mol. The maximum atomic E-state index is 11.7. The van der Waals surface area contributed by atoms with Gasteiger partial charge in [-0.25, -0.2) is 0 Å². The van der Waals surface area contributed by atoms with Gasteiger partial charge in [-0.2, -0.15) is 0 Å². The monoisotopic (exact) mass is 227 g/mol. The Hall–Kier alpha value is -0.610. The summed E-state index contributed by atoms with van der Waals surface area (Å²) in [6.07, 6.45) is 4.31. The topological polar surface area (TPSA) is 49.6 Å². The van der Waals surface area contributed by atoms with E-state index in [9.17, 15) is 4.79 Å². The summed E-state index contributed by atoms with van der Waals surface area (Å²) in [5.41, 5.74) is 5.80. The molecule has 2 unspecified atom stereocenters. The van der Waals surface area contributed by atoms with Gasteiger partial charge >= 0.3 is 0 Å². The zero-order chi connectivity index (χ0) is 12.1. The summed E-state index contributed by atoms with van der Waals surface area (Å²) >= 11 is 0. The number of hydrogen-bond donors (Lipinski definition) is 1. The summed E-state index contributed by atoms with van der Waals surface area (Å²) in [6, 6.07) is 0.780. The van der Waals surface area contributed by atoms with Crippen molar-refractivity contribution in [2.24, 2.45) is 5.73 Å². The molecule has 0 aromatic rings. The molecule has 0 spiro atoms. The lowest BCUT2D eigenvalue weighted by Crippen LogP contribution is -2.49. The number of carbonyl (C=O) groups excluding carboxylic acids is 1. The van der Waals surface area contributed by atoms with Crippen molar-refractivity contribution in [3.05, 3.63) is 0 Å². The number of rotatable bonds is 4. The molecule has 4 nitrogen and oxygen atoms in total. The minimum atomic E-state index is 0.174. The minimum absolute atomic E-state index is 0.174. The molecule has 1 rings (SSSR count). The van der Waals surface area contributed by atoms with Crippen LogP contribution in [-0.2, 0) is 4.79 Å². The normalized spacial score (nSPS) is 24.1. The molecular weight excluding hydrogens is 202 g/mol. The van der Waals surface area contributed by atoms with E-state index in [1.807, 2.05) is 0 Å². The van der Waals surface area contributed by atoms with Crippen molar-refractivity contribution in [3.63, 3.8) is 0 Å². The van der Waals surface area contributed by atoms with Crippen LogP contribution >= 0.6 is 0 Å². The number of likely N-dealkylation sites (tertiary alicyclic amines) is 1. The highest BCUT2D eigenvalue weighted by Gasteiger charge is 2.27. The summed E-state index contributed by atoms with van der Waals surface area (Å²) in [7, 11) is 3.60. The summed E-state index contributed by atoms with van der Waals surface area (Å²) < 4.78 is 0. The number of nitrogens with two attached hydrogens (primary N) is 1. The molecule has 2 N–H and O–H groups in total. The summed E-state index contributed by atoms with van der Waals surface area (Å²) in [6.45, 7) is 3.90. The lowest BCUT2D eigenvalue weighted by molar-refractivity contribution is -0.130. The van der Waals surface area contributed by atoms with Crippen LogP contribution in [0.15, 0.2) is 0 Å². The van der Waals surface area contributed by atoms with E-state index in [0.717, 1.165) is 6.54 Å². The van der Waals surface area contributed by atoms with E-state index >= 15 is 0 Å². The second kappa shape index (κ2) is 6.21. The average Bonchev–Trinajstić information content (AvgIpc) is 2.26. The van der Waals surface area contributed by atoms with Crippen LogP contribution in [0, 0.1) is 0 Å². The Kier molecular flexibility index (Phi) is 5.22. The van der Waals surface area contributed by atoms with Crippen LogP contribution in [0.2, 0.25) is 0 Å². The molecule has 1 heterocycles. The maximum Gasteiger partial charge on any atom is 0.223 e. The quantitative estimate of drug-likeness (QED) is 0.768. The SMILES string of the molecule is CC1CCCCN1C(CN)CC(=O)N(C)C. The van der Waals surface area contributed by atoms with Crippen LogP contribution in [0.25, 0.3) is 0 Å². The minimum Gasteiger partial charge on any atom is -0.349 e. The van der Waals surface area contributed by atoms with Gasteiger partial charge in [0.15, 0.2) is 0 Å². The number of amides is 1. The molecule has 0 saturated carbocycles. The van der Waals surface area contributed by atoms with E-state index in [4.69, 9.17) is 5.73 Å². The van der Waals surface area contributed by atoms with Gasteiger partial charge in [-0.3, -0.25) is 9.69 Å². The Morgan fingerprint density at radius 1 is 1.50 bits per heavy atom. The third-order valence-electron chi connectivity index (χ3n) is 3.50. The highest BCUT2D eigenvalue weighted by Crippen LogP contribution is 2.20. The fourth-order valence-electron chi connectivity index (χ4n) is 2.38. The number of carbonyl (C=O) groups is 1. The maximum absolute atomic E-state index is 11.7. The molecule has 0 aliphatic carbocycles. The molecule has 1 saturated heterocycles. The number of nitrogens with zero attached hydrogens (tertiary/aromatic N) is 2. The Morgan fingerprint density at radius 2 is 2.19 bits per heavy atom. The van der Waals surface area contributed by atoms with Gasteiger partial charge in [0.1, 0.15) is 0 Å². The van der Waals surface area contributed by atoms with E-state index in [0.29, 0.717) is 19.0 Å². The van der Waals surface area contributed by atoms with Crippen molar-refractivity contribution < 1.29 is 4.79 Å². The van der Waals surface area contributed by atoms with Gasteiger partial charge in [0.05, 0.1) is 0 Å². The Bertz CT molecular complexity index is 230. The second-order valence-electron chi connectivity index (χ2n) is 4.96. The van der Waals surface area contributed by atoms with Gasteiger partial charge < -0.3 is 10.6 Å². The third-order valence-corrected chi connectivity index (χ3v) is 3.50. The largest absolute Gasteiger partial charge is 0.349 e. The molecule has 4 heteroatoms. The first-order valence-electron chi connectivity index (χ1n) is 6.22. The molecule has 1 fully saturated rings. The van der Waals surface area contributed by atoms with Gasteiger partial charge in [-0.1, -0.05) is 6.42 Å². The Labute approximate surface area is 98.8 Å². The van der Waals surface area contributed by atoms with Crippen LogP contribution in [0.5, 0.6) is 0 Å². The molecule has 0 radical (unpaired) electrons. The van der Waals surface area contributed by atoms with Gasteiger partial charge in [0.25, 0.3) is 0 Å². The van der Waals surface area contributed by atoms with E-state index in [-0.39, 0.29) is 11.9 Å². The van der Waals surface area contributed by atoms with Crippen LogP contribution < -0.4 is 5.73 Å². The summed E-state index contributed by atoms with van der Waals surface area (Å²) in [4.78, 5) is 15.8. The highest BCUT2D eigenvalue weighted by atomic mass is 16.2. The van der Waals surface area contributed by atoms with Crippen molar-refractivity contribution in [2.75, 3.05) is 27.2 Å². The molecule has 1 aliphatic rings. The van der Waals surface area contributed by atoms with E-state index in [2.05, 4.69) is 11.8 Å². The van der Waals surface area contributed by atoms with Crippen molar-refractivity contribution in [2.45, 2.75) is 44.7 Å². The van der Waals surface area contributed by atoms with E-state index in [1.54, 1.807) is 19.0 Å².